The Balaban J connectivity index is 2.06. The number of hydrogen-bond donors (Lipinski definition) is 3. The molecule has 0 fully saturated rings. The molecule has 0 aromatic heterocycles. The van der Waals surface area contributed by atoms with Crippen LogP contribution in [0.5, 0.6) is 0 Å². The molecule has 0 aliphatic carbocycles. The molecule has 0 bridgehead atoms. The van der Waals surface area contributed by atoms with Gasteiger partial charge in [-0.25, -0.2) is 13.1 Å². The Kier molecular flexibility index (Phi) is 5.93. The first-order valence-corrected chi connectivity index (χ1v) is 9.46. The molecule has 0 heterocycles. The fourth-order valence-corrected chi connectivity index (χ4v) is 3.41. The van der Waals surface area contributed by atoms with E-state index in [0.717, 1.165) is 16.8 Å². The lowest BCUT2D eigenvalue weighted by molar-refractivity contribution is 0.584. The lowest BCUT2D eigenvalue weighted by Gasteiger charge is -2.13. The third kappa shape index (κ3) is 4.77. The predicted molar refractivity (Wildman–Crippen MR) is 103 cm³/mol. The first-order chi connectivity index (χ1) is 11.3. The van der Waals surface area contributed by atoms with Crippen LogP contribution < -0.4 is 15.4 Å². The Bertz CT molecular complexity index is 831. The van der Waals surface area contributed by atoms with Crippen molar-refractivity contribution in [1.82, 2.24) is 4.72 Å². The second kappa shape index (κ2) is 7.74. The summed E-state index contributed by atoms with van der Waals surface area (Å²) in [6, 6.07) is 12.5. The first kappa shape index (κ1) is 18.4. The van der Waals surface area contributed by atoms with Crippen molar-refractivity contribution in [2.75, 3.05) is 17.2 Å². The summed E-state index contributed by atoms with van der Waals surface area (Å²) in [5, 5.41) is 6.66. The van der Waals surface area contributed by atoms with Crippen LogP contribution >= 0.6 is 12.2 Å². The smallest absolute Gasteiger partial charge is 0.240 e. The number of rotatable bonds is 5. The van der Waals surface area contributed by atoms with Gasteiger partial charge in [-0.3, -0.25) is 0 Å². The molecule has 0 radical (unpaired) electrons. The molecule has 128 valence electrons. The number of hydrogen-bond acceptors (Lipinski definition) is 3. The van der Waals surface area contributed by atoms with Gasteiger partial charge in [-0.15, -0.1) is 0 Å². The van der Waals surface area contributed by atoms with Gasteiger partial charge in [0.2, 0.25) is 10.0 Å². The molecule has 0 spiro atoms. The van der Waals surface area contributed by atoms with Crippen LogP contribution in [0, 0.1) is 13.8 Å². The molecule has 24 heavy (non-hydrogen) atoms. The Morgan fingerprint density at radius 1 is 1.04 bits per heavy atom. The van der Waals surface area contributed by atoms with Crippen molar-refractivity contribution in [2.24, 2.45) is 0 Å². The minimum Gasteiger partial charge on any atom is -0.332 e. The lowest BCUT2D eigenvalue weighted by Crippen LogP contribution is -2.23. The molecule has 2 aromatic carbocycles. The van der Waals surface area contributed by atoms with E-state index in [9.17, 15) is 8.42 Å². The van der Waals surface area contributed by atoms with Crippen LogP contribution in [0.2, 0.25) is 0 Å². The average molecular weight is 364 g/mol. The quantitative estimate of drug-likeness (QED) is 0.710. The summed E-state index contributed by atoms with van der Waals surface area (Å²) < 4.78 is 26.3. The second-order valence-corrected chi connectivity index (χ2v) is 7.60. The summed E-state index contributed by atoms with van der Waals surface area (Å²) >= 11 is 5.32. The topological polar surface area (TPSA) is 70.2 Å². The molecule has 0 aliphatic heterocycles. The first-order valence-electron chi connectivity index (χ1n) is 7.57. The highest BCUT2D eigenvalue weighted by Crippen LogP contribution is 2.18. The molecule has 0 atom stereocenters. The molecule has 2 aromatic rings. The Morgan fingerprint density at radius 2 is 1.71 bits per heavy atom. The van der Waals surface area contributed by atoms with Crippen LogP contribution in [0.1, 0.15) is 18.1 Å². The van der Waals surface area contributed by atoms with Gasteiger partial charge in [0.25, 0.3) is 0 Å². The zero-order valence-corrected chi connectivity index (χ0v) is 15.5. The van der Waals surface area contributed by atoms with Crippen molar-refractivity contribution in [3.8, 4) is 0 Å². The van der Waals surface area contributed by atoms with E-state index in [-0.39, 0.29) is 4.90 Å². The number of thiocarbonyl (C=S) groups is 1. The number of nitrogens with one attached hydrogen (secondary N) is 3. The van der Waals surface area contributed by atoms with Crippen LogP contribution in [0.25, 0.3) is 0 Å². The molecule has 0 unspecified atom stereocenters. The summed E-state index contributed by atoms with van der Waals surface area (Å²) in [6.45, 7) is 6.12. The van der Waals surface area contributed by atoms with E-state index in [1.165, 1.54) is 0 Å². The SMILES string of the molecule is CCNS(=O)(=O)c1ccc(NC(=S)Nc2cc(C)ccc2C)cc1. The largest absolute Gasteiger partial charge is 0.332 e. The highest BCUT2D eigenvalue weighted by molar-refractivity contribution is 7.89. The van der Waals surface area contributed by atoms with E-state index in [4.69, 9.17) is 12.2 Å². The Hall–Kier alpha value is -1.96. The number of anilines is 2. The van der Waals surface area contributed by atoms with Crippen molar-refractivity contribution in [3.63, 3.8) is 0 Å². The molecule has 7 heteroatoms. The monoisotopic (exact) mass is 363 g/mol. The summed E-state index contributed by atoms with van der Waals surface area (Å²) in [5.74, 6) is 0. The molecule has 0 aliphatic rings. The fraction of sp³-hybridized carbons (Fsp3) is 0.235. The second-order valence-electron chi connectivity index (χ2n) is 5.42. The molecule has 3 N–H and O–H groups in total. The highest BCUT2D eigenvalue weighted by atomic mass is 32.2. The van der Waals surface area contributed by atoms with E-state index in [0.29, 0.717) is 17.3 Å². The maximum absolute atomic E-state index is 11.9. The van der Waals surface area contributed by atoms with Crippen molar-refractivity contribution in [1.29, 1.82) is 0 Å². The van der Waals surface area contributed by atoms with Crippen LogP contribution in [0.3, 0.4) is 0 Å². The lowest BCUT2D eigenvalue weighted by atomic mass is 10.1. The third-order valence-electron chi connectivity index (χ3n) is 3.40. The van der Waals surface area contributed by atoms with Gasteiger partial charge in [0.15, 0.2) is 5.11 Å². The van der Waals surface area contributed by atoms with Gasteiger partial charge in [0, 0.05) is 17.9 Å². The maximum Gasteiger partial charge on any atom is 0.240 e. The maximum atomic E-state index is 11.9. The summed E-state index contributed by atoms with van der Waals surface area (Å²) in [5.41, 5.74) is 3.90. The number of benzene rings is 2. The van der Waals surface area contributed by atoms with Gasteiger partial charge < -0.3 is 10.6 Å². The average Bonchev–Trinajstić information content (AvgIpc) is 2.51. The van der Waals surface area contributed by atoms with Gasteiger partial charge in [-0.1, -0.05) is 19.1 Å². The van der Waals surface area contributed by atoms with Crippen molar-refractivity contribution < 1.29 is 8.42 Å². The highest BCUT2D eigenvalue weighted by Gasteiger charge is 2.12. The Morgan fingerprint density at radius 3 is 2.33 bits per heavy atom. The molecule has 0 amide bonds. The number of aryl methyl sites for hydroxylation is 2. The van der Waals surface area contributed by atoms with E-state index in [1.54, 1.807) is 31.2 Å². The van der Waals surface area contributed by atoms with Gasteiger partial charge in [0.1, 0.15) is 0 Å². The molecule has 5 nitrogen and oxygen atoms in total. The zero-order valence-electron chi connectivity index (χ0n) is 13.9. The summed E-state index contributed by atoms with van der Waals surface area (Å²) in [4.78, 5) is 0.225. The van der Waals surface area contributed by atoms with Gasteiger partial charge in [0.05, 0.1) is 4.90 Å². The summed E-state index contributed by atoms with van der Waals surface area (Å²) in [6.07, 6.45) is 0. The van der Waals surface area contributed by atoms with Crippen LogP contribution in [0.4, 0.5) is 11.4 Å². The number of sulfonamides is 1. The zero-order chi connectivity index (χ0) is 17.7. The molecule has 0 saturated carbocycles. The van der Waals surface area contributed by atoms with Crippen LogP contribution in [-0.2, 0) is 10.0 Å². The van der Waals surface area contributed by atoms with E-state index in [1.807, 2.05) is 32.0 Å². The van der Waals surface area contributed by atoms with Crippen molar-refractivity contribution in [3.05, 3.63) is 53.6 Å². The molecular weight excluding hydrogens is 342 g/mol. The molecule has 2 rings (SSSR count). The third-order valence-corrected chi connectivity index (χ3v) is 5.16. The minimum atomic E-state index is -3.44. The predicted octanol–water partition coefficient (Wildman–Crippen LogP) is 3.41. The van der Waals surface area contributed by atoms with Crippen molar-refractivity contribution >= 4 is 38.7 Å². The van der Waals surface area contributed by atoms with Crippen LogP contribution in [-0.4, -0.2) is 20.1 Å². The van der Waals surface area contributed by atoms with Crippen LogP contribution in [0.15, 0.2) is 47.4 Å². The molecule has 0 saturated heterocycles. The van der Waals surface area contributed by atoms with Gasteiger partial charge >= 0.3 is 0 Å². The van der Waals surface area contributed by atoms with Gasteiger partial charge in [-0.2, -0.15) is 0 Å². The minimum absolute atomic E-state index is 0.225. The van der Waals surface area contributed by atoms with E-state index in [2.05, 4.69) is 15.4 Å². The standard InChI is InChI=1S/C17H21N3O2S2/c1-4-18-24(21,22)15-9-7-14(8-10-15)19-17(23)20-16-11-12(2)5-6-13(16)3/h5-11,18H,4H2,1-3H3,(H2,19,20,23). The Labute approximate surface area is 148 Å². The summed E-state index contributed by atoms with van der Waals surface area (Å²) in [7, 11) is -3.44. The molecular formula is C17H21N3O2S2. The normalized spacial score (nSPS) is 11.1. The van der Waals surface area contributed by atoms with Gasteiger partial charge in [-0.05, 0) is 67.5 Å². The van der Waals surface area contributed by atoms with E-state index < -0.39 is 10.0 Å². The van der Waals surface area contributed by atoms with E-state index >= 15 is 0 Å². The fourth-order valence-electron chi connectivity index (χ4n) is 2.15. The van der Waals surface area contributed by atoms with Crippen molar-refractivity contribution in [2.45, 2.75) is 25.7 Å².